The van der Waals surface area contributed by atoms with Crippen molar-refractivity contribution in [2.45, 2.75) is 0 Å². The van der Waals surface area contributed by atoms with Gasteiger partial charge in [0, 0.05) is 37.6 Å². The van der Waals surface area contributed by atoms with Gasteiger partial charge in [-0.15, -0.1) is 0 Å². The summed E-state index contributed by atoms with van der Waals surface area (Å²) in [6.45, 7) is 0. The Balaban J connectivity index is 1.57. The van der Waals surface area contributed by atoms with Crippen LogP contribution in [0.15, 0.2) is 101 Å². The zero-order valence-electron chi connectivity index (χ0n) is 16.4. The lowest BCUT2D eigenvalue weighted by atomic mass is 9.95. The highest BCUT2D eigenvalue weighted by atomic mass is 79.9. The molecule has 31 heavy (non-hydrogen) atoms. The van der Waals surface area contributed by atoms with E-state index in [9.17, 15) is 4.79 Å². The average Bonchev–Trinajstić information content (AvgIpc) is 3.30. The molecule has 3 nitrogen and oxygen atoms in total. The Morgan fingerprint density at radius 2 is 1.48 bits per heavy atom. The van der Waals surface area contributed by atoms with Crippen LogP contribution in [0.3, 0.4) is 0 Å². The molecule has 0 saturated carbocycles. The van der Waals surface area contributed by atoms with Crippen LogP contribution in [0.4, 0.5) is 5.69 Å². The van der Waals surface area contributed by atoms with E-state index in [4.69, 9.17) is 0 Å². The van der Waals surface area contributed by atoms with Gasteiger partial charge < -0.3 is 5.32 Å². The Kier molecular flexibility index (Phi) is 5.37. The van der Waals surface area contributed by atoms with Gasteiger partial charge in [0.15, 0.2) is 0 Å². The van der Waals surface area contributed by atoms with Crippen LogP contribution in [0.2, 0.25) is 0 Å². The van der Waals surface area contributed by atoms with Crippen LogP contribution >= 0.6 is 27.5 Å². The minimum atomic E-state index is -0.138. The number of benzene rings is 4. The third-order valence-electron chi connectivity index (χ3n) is 5.19. The summed E-state index contributed by atoms with van der Waals surface area (Å²) in [4.78, 5) is 12.8. The highest BCUT2D eigenvalue weighted by Crippen LogP contribution is 2.38. The van der Waals surface area contributed by atoms with Gasteiger partial charge in [-0.3, -0.25) is 4.79 Å². The smallest absolute Gasteiger partial charge is 0.255 e. The van der Waals surface area contributed by atoms with Gasteiger partial charge in [-0.25, -0.2) is 0 Å². The number of nitrogens with zero attached hydrogens (tertiary/aromatic N) is 1. The molecule has 0 fully saturated rings. The number of anilines is 1. The first-order chi connectivity index (χ1) is 15.2. The number of carbonyl (C=O) groups is 1. The predicted octanol–water partition coefficient (Wildman–Crippen LogP) is 7.65. The molecule has 1 heterocycles. The molecular weight excluding hydrogens is 468 g/mol. The van der Waals surface area contributed by atoms with Crippen molar-refractivity contribution >= 4 is 50.0 Å². The van der Waals surface area contributed by atoms with Gasteiger partial charge in [-0.2, -0.15) is 4.37 Å². The fourth-order valence-electron chi connectivity index (χ4n) is 3.67. The molecule has 0 radical (unpaired) electrons. The molecular formula is C26H17BrN2OS. The van der Waals surface area contributed by atoms with Gasteiger partial charge in [0.05, 0.1) is 5.52 Å². The molecule has 5 rings (SSSR count). The molecule has 0 spiro atoms. The Morgan fingerprint density at radius 3 is 2.29 bits per heavy atom. The van der Waals surface area contributed by atoms with Gasteiger partial charge in [0.2, 0.25) is 0 Å². The second-order valence-corrected chi connectivity index (χ2v) is 8.65. The lowest BCUT2D eigenvalue weighted by Gasteiger charge is -2.13. The molecule has 0 saturated heterocycles. The van der Waals surface area contributed by atoms with Crippen molar-refractivity contribution in [1.82, 2.24) is 4.37 Å². The Labute approximate surface area is 192 Å². The summed E-state index contributed by atoms with van der Waals surface area (Å²) in [5, 5.41) is 6.23. The maximum Gasteiger partial charge on any atom is 0.255 e. The summed E-state index contributed by atoms with van der Waals surface area (Å²) in [5.41, 5.74) is 6.63. The van der Waals surface area contributed by atoms with E-state index in [0.29, 0.717) is 5.56 Å². The largest absolute Gasteiger partial charge is 0.321 e. The van der Waals surface area contributed by atoms with E-state index in [1.54, 1.807) is 12.1 Å². The van der Waals surface area contributed by atoms with Crippen molar-refractivity contribution in [2.75, 3.05) is 5.32 Å². The highest BCUT2D eigenvalue weighted by molar-refractivity contribution is 9.10. The number of hydrogen-bond acceptors (Lipinski definition) is 3. The topological polar surface area (TPSA) is 42.0 Å². The molecule has 1 amide bonds. The highest BCUT2D eigenvalue weighted by Gasteiger charge is 2.15. The standard InChI is InChI=1S/C26H17BrN2OS/c27-19-12-10-18(11-13-19)26(30)28-24-9-5-4-8-22(24)21-15-14-20(17-6-2-1-3-7-17)25-23(21)16-31-29-25/h1-16H,(H,28,30). The number of carbonyl (C=O) groups excluding carboxylic acids is 1. The Bertz CT molecular complexity index is 1380. The summed E-state index contributed by atoms with van der Waals surface area (Å²) in [5.74, 6) is -0.138. The van der Waals surface area contributed by atoms with Gasteiger partial charge in [0.1, 0.15) is 0 Å². The lowest BCUT2D eigenvalue weighted by molar-refractivity contribution is 0.102. The first kappa shape index (κ1) is 19.7. The normalized spacial score (nSPS) is 10.9. The second kappa shape index (κ2) is 8.46. The van der Waals surface area contributed by atoms with E-state index in [0.717, 1.165) is 43.3 Å². The molecule has 1 N–H and O–H groups in total. The van der Waals surface area contributed by atoms with Gasteiger partial charge in [-0.05, 0) is 53.0 Å². The minimum absolute atomic E-state index is 0.138. The van der Waals surface area contributed by atoms with Crippen LogP contribution in [-0.2, 0) is 0 Å². The monoisotopic (exact) mass is 484 g/mol. The maximum atomic E-state index is 12.8. The summed E-state index contributed by atoms with van der Waals surface area (Å²) in [7, 11) is 0. The predicted molar refractivity (Wildman–Crippen MR) is 133 cm³/mol. The maximum absolute atomic E-state index is 12.8. The van der Waals surface area contributed by atoms with Crippen LogP contribution in [0, 0.1) is 0 Å². The Hall–Kier alpha value is -3.28. The molecule has 0 aliphatic rings. The van der Waals surface area contributed by atoms with Gasteiger partial charge >= 0.3 is 0 Å². The van der Waals surface area contributed by atoms with E-state index in [1.165, 1.54) is 11.5 Å². The number of fused-ring (bicyclic) bond motifs is 1. The van der Waals surface area contributed by atoms with Crippen LogP contribution in [0.25, 0.3) is 33.2 Å². The summed E-state index contributed by atoms with van der Waals surface area (Å²) < 4.78 is 5.62. The molecule has 0 atom stereocenters. The van der Waals surface area contributed by atoms with E-state index < -0.39 is 0 Å². The number of amides is 1. The fraction of sp³-hybridized carbons (Fsp3) is 0. The fourth-order valence-corrected chi connectivity index (χ4v) is 4.63. The molecule has 0 bridgehead atoms. The number of rotatable bonds is 4. The molecule has 5 aromatic rings. The van der Waals surface area contributed by atoms with E-state index in [1.807, 2.05) is 54.6 Å². The minimum Gasteiger partial charge on any atom is -0.321 e. The molecule has 150 valence electrons. The van der Waals surface area contributed by atoms with Crippen molar-refractivity contribution in [2.24, 2.45) is 0 Å². The quantitative estimate of drug-likeness (QED) is 0.284. The van der Waals surface area contributed by atoms with E-state index in [2.05, 4.69) is 55.3 Å². The van der Waals surface area contributed by atoms with Crippen molar-refractivity contribution in [3.05, 3.63) is 106 Å². The number of hydrogen-bond donors (Lipinski definition) is 1. The summed E-state index contributed by atoms with van der Waals surface area (Å²) in [6.07, 6.45) is 0. The molecule has 5 heteroatoms. The number of para-hydroxylation sites is 1. The van der Waals surface area contributed by atoms with Crippen molar-refractivity contribution in [3.63, 3.8) is 0 Å². The lowest BCUT2D eigenvalue weighted by Crippen LogP contribution is -2.12. The van der Waals surface area contributed by atoms with Crippen LogP contribution in [0.5, 0.6) is 0 Å². The SMILES string of the molecule is O=C(Nc1ccccc1-c1ccc(-c2ccccc2)c2nscc12)c1ccc(Br)cc1. The van der Waals surface area contributed by atoms with Crippen LogP contribution < -0.4 is 5.32 Å². The second-order valence-electron chi connectivity index (χ2n) is 7.11. The van der Waals surface area contributed by atoms with Crippen molar-refractivity contribution < 1.29 is 4.79 Å². The third kappa shape index (κ3) is 3.90. The Morgan fingerprint density at radius 1 is 0.774 bits per heavy atom. The summed E-state index contributed by atoms with van der Waals surface area (Å²) in [6, 6.07) is 29.7. The van der Waals surface area contributed by atoms with Crippen molar-refractivity contribution in [3.8, 4) is 22.3 Å². The third-order valence-corrected chi connectivity index (χ3v) is 6.35. The van der Waals surface area contributed by atoms with Crippen LogP contribution in [0.1, 0.15) is 10.4 Å². The van der Waals surface area contributed by atoms with Gasteiger partial charge in [0.25, 0.3) is 5.91 Å². The molecule has 0 aliphatic heterocycles. The molecule has 0 unspecified atom stereocenters. The van der Waals surface area contributed by atoms with Crippen LogP contribution in [-0.4, -0.2) is 10.3 Å². The number of halogens is 1. The molecule has 4 aromatic carbocycles. The first-order valence-corrected chi connectivity index (χ1v) is 11.4. The number of aromatic nitrogens is 1. The van der Waals surface area contributed by atoms with Gasteiger partial charge in [-0.1, -0.05) is 76.6 Å². The van der Waals surface area contributed by atoms with E-state index >= 15 is 0 Å². The average molecular weight is 485 g/mol. The van der Waals surface area contributed by atoms with Crippen molar-refractivity contribution in [1.29, 1.82) is 0 Å². The zero-order valence-corrected chi connectivity index (χ0v) is 18.8. The summed E-state index contributed by atoms with van der Waals surface area (Å²) >= 11 is 4.86. The zero-order chi connectivity index (χ0) is 21.2. The molecule has 1 aromatic heterocycles. The first-order valence-electron chi connectivity index (χ1n) is 9.79. The molecule has 0 aliphatic carbocycles. The van der Waals surface area contributed by atoms with E-state index in [-0.39, 0.29) is 5.91 Å². The number of nitrogens with one attached hydrogen (secondary N) is 1.